The molecule has 0 radical (unpaired) electrons. The number of nitriles is 1. The molecule has 2 amide bonds. The van der Waals surface area contributed by atoms with Gasteiger partial charge in [-0.05, 0) is 65.9 Å². The Bertz CT molecular complexity index is 1700. The highest BCUT2D eigenvalue weighted by Gasteiger charge is 2.36. The van der Waals surface area contributed by atoms with Crippen molar-refractivity contribution < 1.29 is 18.0 Å². The highest BCUT2D eigenvalue weighted by atomic mass is 19.4. The minimum atomic E-state index is -4.89. The first-order chi connectivity index (χ1) is 18.9. The summed E-state index contributed by atoms with van der Waals surface area (Å²) < 4.78 is 43.2. The standard InChI is InChI=1S/C31H27F3N4O2/c1-19-11-12-24(20(2)13-19)18-38-28(16-27(31(32,33)34)26(17-35)29(38)39)23-9-5-7-21(14-23)22-8-6-10-25(15-22)36-30(40)37(3)4/h5-16H,18H2,1-4H3,(H,36,40). The first kappa shape index (κ1) is 28.2. The van der Waals surface area contributed by atoms with E-state index in [0.29, 0.717) is 22.4 Å². The maximum Gasteiger partial charge on any atom is 0.417 e. The molecule has 0 bridgehead atoms. The minimum Gasteiger partial charge on any atom is -0.331 e. The Morgan fingerprint density at radius 2 is 1.60 bits per heavy atom. The Labute approximate surface area is 229 Å². The summed E-state index contributed by atoms with van der Waals surface area (Å²) in [6.07, 6.45) is -4.89. The normalized spacial score (nSPS) is 11.2. The van der Waals surface area contributed by atoms with Crippen molar-refractivity contribution in [2.24, 2.45) is 0 Å². The number of aryl methyl sites for hydroxylation is 2. The van der Waals surface area contributed by atoms with Crippen LogP contribution in [0, 0.1) is 25.2 Å². The minimum absolute atomic E-state index is 0.0105. The molecule has 1 aromatic heterocycles. The van der Waals surface area contributed by atoms with Gasteiger partial charge in [0, 0.05) is 19.8 Å². The van der Waals surface area contributed by atoms with E-state index in [2.05, 4.69) is 5.32 Å². The highest BCUT2D eigenvalue weighted by molar-refractivity contribution is 5.90. The van der Waals surface area contributed by atoms with Crippen LogP contribution in [0.15, 0.2) is 77.6 Å². The molecule has 0 aliphatic heterocycles. The van der Waals surface area contributed by atoms with Crippen LogP contribution in [0.5, 0.6) is 0 Å². The summed E-state index contributed by atoms with van der Waals surface area (Å²) in [5.74, 6) is 0. The number of carbonyl (C=O) groups is 1. The summed E-state index contributed by atoms with van der Waals surface area (Å²) in [6.45, 7) is 3.78. The number of aromatic nitrogens is 1. The molecule has 0 aliphatic carbocycles. The van der Waals surface area contributed by atoms with Crippen LogP contribution < -0.4 is 10.9 Å². The van der Waals surface area contributed by atoms with Crippen molar-refractivity contribution >= 4 is 11.7 Å². The molecule has 0 spiro atoms. The number of nitrogens with one attached hydrogen (secondary N) is 1. The zero-order valence-electron chi connectivity index (χ0n) is 22.4. The molecule has 4 rings (SSSR count). The number of alkyl halides is 3. The Morgan fingerprint density at radius 1 is 0.950 bits per heavy atom. The van der Waals surface area contributed by atoms with Crippen LogP contribution in [0.4, 0.5) is 23.7 Å². The van der Waals surface area contributed by atoms with Crippen molar-refractivity contribution in [1.29, 1.82) is 5.26 Å². The number of carbonyl (C=O) groups excluding carboxylic acids is 1. The summed E-state index contributed by atoms with van der Waals surface area (Å²) >= 11 is 0. The smallest absolute Gasteiger partial charge is 0.331 e. The van der Waals surface area contributed by atoms with Gasteiger partial charge in [0.05, 0.1) is 17.8 Å². The molecule has 0 fully saturated rings. The van der Waals surface area contributed by atoms with Crippen molar-refractivity contribution in [3.05, 3.63) is 111 Å². The van der Waals surface area contributed by atoms with Crippen molar-refractivity contribution in [3.63, 3.8) is 0 Å². The second-order valence-corrected chi connectivity index (χ2v) is 9.74. The molecule has 204 valence electrons. The van der Waals surface area contributed by atoms with Gasteiger partial charge in [-0.1, -0.05) is 54.1 Å². The monoisotopic (exact) mass is 544 g/mol. The largest absolute Gasteiger partial charge is 0.417 e. The van der Waals surface area contributed by atoms with Crippen molar-refractivity contribution in [2.75, 3.05) is 19.4 Å². The third-order valence-electron chi connectivity index (χ3n) is 6.56. The van der Waals surface area contributed by atoms with Gasteiger partial charge in [0.15, 0.2) is 0 Å². The summed E-state index contributed by atoms with van der Waals surface area (Å²) in [5.41, 5.74) is 1.75. The molecule has 4 aromatic rings. The van der Waals surface area contributed by atoms with Gasteiger partial charge in [0.2, 0.25) is 0 Å². The van der Waals surface area contributed by atoms with Gasteiger partial charge in [0.1, 0.15) is 11.6 Å². The van der Waals surface area contributed by atoms with Gasteiger partial charge >= 0.3 is 12.2 Å². The molecule has 0 saturated carbocycles. The lowest BCUT2D eigenvalue weighted by molar-refractivity contribution is -0.137. The average molecular weight is 545 g/mol. The van der Waals surface area contributed by atoms with E-state index in [1.165, 1.54) is 15.5 Å². The Hall–Kier alpha value is -4.84. The molecule has 3 aromatic carbocycles. The Balaban J connectivity index is 1.89. The Morgan fingerprint density at radius 3 is 2.23 bits per heavy atom. The number of anilines is 1. The fourth-order valence-corrected chi connectivity index (χ4v) is 4.44. The van der Waals surface area contributed by atoms with Crippen molar-refractivity contribution in [2.45, 2.75) is 26.6 Å². The molecule has 0 atom stereocenters. The first-order valence-corrected chi connectivity index (χ1v) is 12.4. The predicted molar refractivity (Wildman–Crippen MR) is 149 cm³/mol. The van der Waals surface area contributed by atoms with E-state index in [1.54, 1.807) is 56.6 Å². The van der Waals surface area contributed by atoms with E-state index in [0.717, 1.165) is 22.8 Å². The van der Waals surface area contributed by atoms with Gasteiger partial charge in [-0.3, -0.25) is 4.79 Å². The fraction of sp³-hybridized carbons (Fsp3) is 0.194. The summed E-state index contributed by atoms with van der Waals surface area (Å²) in [5, 5.41) is 12.3. The van der Waals surface area contributed by atoms with Gasteiger partial charge in [0.25, 0.3) is 5.56 Å². The lowest BCUT2D eigenvalue weighted by Gasteiger charge is -2.19. The van der Waals surface area contributed by atoms with Crippen LogP contribution in [0.2, 0.25) is 0 Å². The molecule has 40 heavy (non-hydrogen) atoms. The molecule has 1 heterocycles. The molecular weight excluding hydrogens is 517 g/mol. The molecule has 0 unspecified atom stereocenters. The number of hydrogen-bond donors (Lipinski definition) is 1. The summed E-state index contributed by atoms with van der Waals surface area (Å²) in [7, 11) is 3.24. The zero-order chi connectivity index (χ0) is 29.2. The van der Waals surface area contributed by atoms with Crippen LogP contribution in [-0.2, 0) is 12.7 Å². The number of hydrogen-bond acceptors (Lipinski definition) is 3. The number of rotatable bonds is 5. The van der Waals surface area contributed by atoms with E-state index in [9.17, 15) is 28.0 Å². The molecule has 6 nitrogen and oxygen atoms in total. The number of urea groups is 1. The third-order valence-corrected chi connectivity index (χ3v) is 6.56. The maximum absolute atomic E-state index is 14.0. The third kappa shape index (κ3) is 5.91. The van der Waals surface area contributed by atoms with E-state index in [-0.39, 0.29) is 18.3 Å². The summed E-state index contributed by atoms with van der Waals surface area (Å²) in [4.78, 5) is 26.9. The number of halogens is 3. The fourth-order valence-electron chi connectivity index (χ4n) is 4.44. The van der Waals surface area contributed by atoms with Gasteiger partial charge in [-0.2, -0.15) is 18.4 Å². The lowest BCUT2D eigenvalue weighted by atomic mass is 9.98. The van der Waals surface area contributed by atoms with Crippen LogP contribution in [0.25, 0.3) is 22.4 Å². The second-order valence-electron chi connectivity index (χ2n) is 9.74. The molecule has 1 N–H and O–H groups in total. The lowest BCUT2D eigenvalue weighted by Crippen LogP contribution is -2.29. The number of pyridine rings is 1. The quantitative estimate of drug-likeness (QED) is 0.299. The van der Waals surface area contributed by atoms with Crippen molar-refractivity contribution in [1.82, 2.24) is 9.47 Å². The SMILES string of the molecule is Cc1ccc(Cn2c(-c3cccc(-c4cccc(NC(=O)N(C)C)c4)c3)cc(C(F)(F)F)c(C#N)c2=O)c(C)c1. The van der Waals surface area contributed by atoms with Crippen LogP contribution in [0.3, 0.4) is 0 Å². The van der Waals surface area contributed by atoms with E-state index < -0.39 is 22.9 Å². The topological polar surface area (TPSA) is 78.1 Å². The number of amides is 2. The Kier molecular flexibility index (Phi) is 7.82. The second kappa shape index (κ2) is 11.1. The molecule has 0 aliphatic rings. The average Bonchev–Trinajstić information content (AvgIpc) is 2.90. The van der Waals surface area contributed by atoms with Crippen molar-refractivity contribution in [3.8, 4) is 28.5 Å². The molecular formula is C31H27F3N4O2. The summed E-state index contributed by atoms with van der Waals surface area (Å²) in [6, 6.07) is 21.5. The van der Waals surface area contributed by atoms with Crippen LogP contribution in [0.1, 0.15) is 27.8 Å². The van der Waals surface area contributed by atoms with E-state index in [1.807, 2.05) is 38.1 Å². The van der Waals surface area contributed by atoms with Gasteiger partial charge < -0.3 is 14.8 Å². The highest BCUT2D eigenvalue weighted by Crippen LogP contribution is 2.35. The van der Waals surface area contributed by atoms with E-state index >= 15 is 0 Å². The zero-order valence-corrected chi connectivity index (χ0v) is 22.4. The molecule has 0 saturated heterocycles. The number of nitrogens with zero attached hydrogens (tertiary/aromatic N) is 3. The predicted octanol–water partition coefficient (Wildman–Crippen LogP) is 6.83. The van der Waals surface area contributed by atoms with Crippen LogP contribution >= 0.6 is 0 Å². The maximum atomic E-state index is 14.0. The molecule has 9 heteroatoms. The van der Waals surface area contributed by atoms with E-state index in [4.69, 9.17) is 0 Å². The number of benzene rings is 3. The first-order valence-electron chi connectivity index (χ1n) is 12.4. The van der Waals surface area contributed by atoms with Crippen LogP contribution in [-0.4, -0.2) is 29.6 Å². The van der Waals surface area contributed by atoms with Gasteiger partial charge in [-0.15, -0.1) is 0 Å². The van der Waals surface area contributed by atoms with Gasteiger partial charge in [-0.25, -0.2) is 4.79 Å².